The number of fused-ring (bicyclic) bond motifs is 1. The fourth-order valence-electron chi connectivity index (χ4n) is 3.16. The highest BCUT2D eigenvalue weighted by atomic mass is 16.8. The van der Waals surface area contributed by atoms with Gasteiger partial charge in [-0.15, -0.1) is 6.58 Å². The predicted molar refractivity (Wildman–Crippen MR) is 66.4 cm³/mol. The highest BCUT2D eigenvalue weighted by molar-refractivity contribution is 5.58. The predicted octanol–water partition coefficient (Wildman–Crippen LogP) is 1.56. The first-order chi connectivity index (χ1) is 9.28. The van der Waals surface area contributed by atoms with Crippen molar-refractivity contribution in [3.8, 4) is 0 Å². The van der Waals surface area contributed by atoms with Crippen LogP contribution in [0.5, 0.6) is 0 Å². The van der Waals surface area contributed by atoms with Crippen molar-refractivity contribution in [3.05, 3.63) is 12.7 Å². The van der Waals surface area contributed by atoms with Gasteiger partial charge in [0.05, 0.1) is 6.61 Å². The lowest BCUT2D eigenvalue weighted by Crippen LogP contribution is -2.40. The Hall–Kier alpha value is -0.750. The van der Waals surface area contributed by atoms with Crippen LogP contribution in [0.15, 0.2) is 12.7 Å². The van der Waals surface area contributed by atoms with Crippen molar-refractivity contribution in [2.45, 2.75) is 62.5 Å². The summed E-state index contributed by atoms with van der Waals surface area (Å²) in [4.78, 5) is 11.0. The zero-order valence-corrected chi connectivity index (χ0v) is 11.0. The fraction of sp³-hybridized carbons (Fsp3) is 0.786. The highest BCUT2D eigenvalue weighted by Gasteiger charge is 2.58. The van der Waals surface area contributed by atoms with Gasteiger partial charge in [-0.3, -0.25) is 0 Å². The highest BCUT2D eigenvalue weighted by Crippen LogP contribution is 2.45. The van der Waals surface area contributed by atoms with Crippen molar-refractivity contribution < 1.29 is 23.7 Å². The normalized spacial score (nSPS) is 40.2. The molecule has 3 aliphatic rings. The van der Waals surface area contributed by atoms with Crippen LogP contribution in [0.3, 0.4) is 0 Å². The molecule has 0 aromatic carbocycles. The van der Waals surface area contributed by atoms with Crippen LogP contribution < -0.4 is 0 Å². The first-order valence-electron chi connectivity index (χ1n) is 6.97. The van der Waals surface area contributed by atoms with Gasteiger partial charge in [-0.05, 0) is 12.8 Å². The number of rotatable bonds is 4. The number of carbonyl (C=O) groups is 1. The Balaban J connectivity index is 1.71. The molecule has 0 amide bonds. The van der Waals surface area contributed by atoms with Gasteiger partial charge in [-0.1, -0.05) is 12.5 Å². The number of aldehydes is 1. The van der Waals surface area contributed by atoms with Crippen molar-refractivity contribution in [1.82, 2.24) is 0 Å². The van der Waals surface area contributed by atoms with E-state index in [-0.39, 0.29) is 6.10 Å². The van der Waals surface area contributed by atoms with Crippen LogP contribution in [0.4, 0.5) is 0 Å². The SMILES string of the molecule is C=CCO[C@@H]1[C@H]2OC3(CCCCC3)O[C@H]2O[C@@H]1C=O. The van der Waals surface area contributed by atoms with E-state index in [1.165, 1.54) is 6.42 Å². The van der Waals surface area contributed by atoms with E-state index in [4.69, 9.17) is 18.9 Å². The summed E-state index contributed by atoms with van der Waals surface area (Å²) in [7, 11) is 0. The Kier molecular flexibility index (Phi) is 3.71. The number of hydrogen-bond donors (Lipinski definition) is 0. The van der Waals surface area contributed by atoms with Crippen LogP contribution in [-0.2, 0) is 23.7 Å². The van der Waals surface area contributed by atoms with Crippen molar-refractivity contribution in [1.29, 1.82) is 0 Å². The molecule has 0 unspecified atom stereocenters. The fourth-order valence-corrected chi connectivity index (χ4v) is 3.16. The van der Waals surface area contributed by atoms with Crippen LogP contribution >= 0.6 is 0 Å². The van der Waals surface area contributed by atoms with E-state index < -0.39 is 24.3 Å². The smallest absolute Gasteiger partial charge is 0.190 e. The first-order valence-corrected chi connectivity index (χ1v) is 6.97. The quantitative estimate of drug-likeness (QED) is 0.572. The second kappa shape index (κ2) is 5.32. The van der Waals surface area contributed by atoms with Gasteiger partial charge >= 0.3 is 0 Å². The van der Waals surface area contributed by atoms with Crippen molar-refractivity contribution >= 4 is 6.29 Å². The van der Waals surface area contributed by atoms with Gasteiger partial charge in [-0.25, -0.2) is 0 Å². The number of carbonyl (C=O) groups excluding carboxylic acids is 1. The van der Waals surface area contributed by atoms with Crippen LogP contribution in [-0.4, -0.2) is 43.3 Å². The Labute approximate surface area is 112 Å². The van der Waals surface area contributed by atoms with E-state index >= 15 is 0 Å². The molecule has 106 valence electrons. The monoisotopic (exact) mass is 268 g/mol. The van der Waals surface area contributed by atoms with E-state index in [1.807, 2.05) is 0 Å². The van der Waals surface area contributed by atoms with Gasteiger partial charge < -0.3 is 23.7 Å². The largest absolute Gasteiger partial charge is 0.368 e. The molecule has 19 heavy (non-hydrogen) atoms. The Morgan fingerprint density at radius 3 is 2.74 bits per heavy atom. The molecule has 2 heterocycles. The minimum absolute atomic E-state index is 0.312. The zero-order chi connectivity index (χ0) is 13.3. The maximum absolute atomic E-state index is 11.0. The Morgan fingerprint density at radius 1 is 1.26 bits per heavy atom. The third kappa shape index (κ3) is 2.36. The van der Waals surface area contributed by atoms with E-state index in [0.717, 1.165) is 32.0 Å². The van der Waals surface area contributed by atoms with Crippen LogP contribution in [0.1, 0.15) is 32.1 Å². The topological polar surface area (TPSA) is 54.0 Å². The number of hydrogen-bond acceptors (Lipinski definition) is 5. The summed E-state index contributed by atoms with van der Waals surface area (Å²) in [6, 6.07) is 0. The summed E-state index contributed by atoms with van der Waals surface area (Å²) < 4.78 is 23.3. The molecule has 0 aromatic heterocycles. The lowest BCUT2D eigenvalue weighted by atomic mass is 9.94. The van der Waals surface area contributed by atoms with Crippen LogP contribution in [0, 0.1) is 0 Å². The van der Waals surface area contributed by atoms with Gasteiger partial charge in [0, 0.05) is 12.8 Å². The average Bonchev–Trinajstić information content (AvgIpc) is 2.91. The molecular weight excluding hydrogens is 248 g/mol. The molecule has 5 heteroatoms. The molecule has 1 aliphatic carbocycles. The average molecular weight is 268 g/mol. The van der Waals surface area contributed by atoms with Gasteiger partial charge in [0.2, 0.25) is 0 Å². The van der Waals surface area contributed by atoms with Crippen LogP contribution in [0.2, 0.25) is 0 Å². The molecule has 1 spiro atoms. The minimum Gasteiger partial charge on any atom is -0.368 e. The van der Waals surface area contributed by atoms with E-state index in [0.29, 0.717) is 6.61 Å². The van der Waals surface area contributed by atoms with Gasteiger partial charge in [0.25, 0.3) is 0 Å². The molecule has 0 aromatic rings. The van der Waals surface area contributed by atoms with Crippen molar-refractivity contribution in [3.63, 3.8) is 0 Å². The summed E-state index contributed by atoms with van der Waals surface area (Å²) in [6.45, 7) is 3.99. The van der Waals surface area contributed by atoms with Crippen molar-refractivity contribution in [2.75, 3.05) is 6.61 Å². The molecule has 3 rings (SSSR count). The third-order valence-corrected chi connectivity index (χ3v) is 4.04. The molecule has 2 saturated heterocycles. The summed E-state index contributed by atoms with van der Waals surface area (Å²) in [6.07, 6.45) is 5.82. The van der Waals surface area contributed by atoms with Crippen molar-refractivity contribution in [2.24, 2.45) is 0 Å². The first kappa shape index (κ1) is 13.2. The molecule has 4 atom stereocenters. The Morgan fingerprint density at radius 2 is 2.05 bits per heavy atom. The lowest BCUT2D eigenvalue weighted by molar-refractivity contribution is -0.244. The number of ether oxygens (including phenoxy) is 4. The summed E-state index contributed by atoms with van der Waals surface area (Å²) in [5.74, 6) is -0.517. The van der Waals surface area contributed by atoms with Gasteiger partial charge in [0.1, 0.15) is 18.3 Å². The maximum atomic E-state index is 11.0. The van der Waals surface area contributed by atoms with Gasteiger partial charge in [-0.2, -0.15) is 0 Å². The van der Waals surface area contributed by atoms with Crippen LogP contribution in [0.25, 0.3) is 0 Å². The molecular formula is C14H20O5. The summed E-state index contributed by atoms with van der Waals surface area (Å²) >= 11 is 0. The second-order valence-corrected chi connectivity index (χ2v) is 5.36. The molecule has 2 aliphatic heterocycles. The molecule has 5 nitrogen and oxygen atoms in total. The minimum atomic E-state index is -0.615. The third-order valence-electron chi connectivity index (χ3n) is 4.04. The molecule has 0 N–H and O–H groups in total. The Bertz CT molecular complexity index is 350. The van der Waals surface area contributed by atoms with E-state index in [2.05, 4.69) is 6.58 Å². The molecule has 1 saturated carbocycles. The maximum Gasteiger partial charge on any atom is 0.190 e. The summed E-state index contributed by atoms with van der Waals surface area (Å²) in [5, 5.41) is 0. The zero-order valence-electron chi connectivity index (χ0n) is 11.0. The van der Waals surface area contributed by atoms with E-state index in [1.54, 1.807) is 6.08 Å². The standard InChI is InChI=1S/C14H20O5/c1-2-8-16-11-10(9-15)17-13-12(11)18-14(19-13)6-4-3-5-7-14/h2,9-13H,1,3-8H2/t10-,11+,12-,13-/m1/s1. The van der Waals surface area contributed by atoms with E-state index in [9.17, 15) is 4.79 Å². The molecule has 0 bridgehead atoms. The summed E-state index contributed by atoms with van der Waals surface area (Å²) in [5.41, 5.74) is 0. The van der Waals surface area contributed by atoms with Gasteiger partial charge in [0.15, 0.2) is 18.4 Å². The second-order valence-electron chi connectivity index (χ2n) is 5.36. The molecule has 3 fully saturated rings. The lowest BCUT2D eigenvalue weighted by Gasteiger charge is -2.33. The molecule has 0 radical (unpaired) electrons.